The lowest BCUT2D eigenvalue weighted by atomic mass is 10.3. The van der Waals surface area contributed by atoms with Crippen LogP contribution in [0.25, 0.3) is 0 Å². The highest BCUT2D eigenvalue weighted by molar-refractivity contribution is 7.09. The number of nitrogens with two attached hydrogens (primary N) is 1. The van der Waals surface area contributed by atoms with Crippen molar-refractivity contribution in [3.63, 3.8) is 0 Å². The Morgan fingerprint density at radius 2 is 2.29 bits per heavy atom. The van der Waals surface area contributed by atoms with Gasteiger partial charge in [-0.3, -0.25) is 0 Å². The standard InChI is InChI=1S/C12H20N4S/c1-9-14-11(8-17-9)7-16(2)12(13)15-10-5-3-4-6-10/h8,10H,3-7H2,1-2H3,(H2,13,15). The summed E-state index contributed by atoms with van der Waals surface area (Å²) in [7, 11) is 1.97. The van der Waals surface area contributed by atoms with E-state index in [1.165, 1.54) is 25.7 Å². The molecule has 0 bridgehead atoms. The van der Waals surface area contributed by atoms with Crippen LogP contribution in [-0.4, -0.2) is 28.9 Å². The van der Waals surface area contributed by atoms with Crippen molar-refractivity contribution in [3.8, 4) is 0 Å². The number of aliphatic imine (C=N–C) groups is 1. The monoisotopic (exact) mass is 252 g/mol. The summed E-state index contributed by atoms with van der Waals surface area (Å²) >= 11 is 1.67. The molecule has 1 saturated carbocycles. The van der Waals surface area contributed by atoms with Gasteiger partial charge in [0.15, 0.2) is 5.96 Å². The number of hydrogen-bond donors (Lipinski definition) is 1. The lowest BCUT2D eigenvalue weighted by Crippen LogP contribution is -2.34. The Balaban J connectivity index is 1.92. The second-order valence-electron chi connectivity index (χ2n) is 4.64. The summed E-state index contributed by atoms with van der Waals surface area (Å²) in [6, 6.07) is 0.439. The van der Waals surface area contributed by atoms with Gasteiger partial charge in [-0.25, -0.2) is 9.98 Å². The zero-order valence-electron chi connectivity index (χ0n) is 10.5. The molecular formula is C12H20N4S. The van der Waals surface area contributed by atoms with Crippen molar-refractivity contribution in [2.24, 2.45) is 10.7 Å². The number of nitrogens with zero attached hydrogens (tertiary/aromatic N) is 3. The molecule has 1 aliphatic carbocycles. The Bertz CT molecular complexity index is 393. The maximum absolute atomic E-state index is 6.00. The van der Waals surface area contributed by atoms with Crippen molar-refractivity contribution in [2.75, 3.05) is 7.05 Å². The van der Waals surface area contributed by atoms with Gasteiger partial charge in [0.1, 0.15) is 0 Å². The molecule has 0 aliphatic heterocycles. The number of rotatable bonds is 3. The molecule has 2 N–H and O–H groups in total. The van der Waals surface area contributed by atoms with Crippen LogP contribution in [0.1, 0.15) is 36.4 Å². The highest BCUT2D eigenvalue weighted by Crippen LogP contribution is 2.21. The second-order valence-corrected chi connectivity index (χ2v) is 5.70. The lowest BCUT2D eigenvalue weighted by molar-refractivity contribution is 0.480. The molecule has 0 saturated heterocycles. The van der Waals surface area contributed by atoms with E-state index in [1.54, 1.807) is 11.3 Å². The molecule has 0 spiro atoms. The minimum atomic E-state index is 0.439. The summed E-state index contributed by atoms with van der Waals surface area (Å²) in [6.07, 6.45) is 4.95. The average Bonchev–Trinajstić information content (AvgIpc) is 2.90. The largest absolute Gasteiger partial charge is 0.370 e. The Kier molecular flexibility index (Phi) is 3.99. The summed E-state index contributed by atoms with van der Waals surface area (Å²) in [5.41, 5.74) is 7.07. The fourth-order valence-corrected chi connectivity index (χ4v) is 2.73. The topological polar surface area (TPSA) is 54.5 Å². The predicted molar refractivity (Wildman–Crippen MR) is 72.2 cm³/mol. The van der Waals surface area contributed by atoms with E-state index < -0.39 is 0 Å². The number of hydrogen-bond acceptors (Lipinski definition) is 3. The van der Waals surface area contributed by atoms with Crippen LogP contribution in [0.3, 0.4) is 0 Å². The van der Waals surface area contributed by atoms with Gasteiger partial charge in [-0.1, -0.05) is 12.8 Å². The molecule has 1 aromatic rings. The van der Waals surface area contributed by atoms with Crippen molar-refractivity contribution in [1.82, 2.24) is 9.88 Å². The Morgan fingerprint density at radius 3 is 2.88 bits per heavy atom. The molecule has 17 heavy (non-hydrogen) atoms. The number of guanidine groups is 1. The summed E-state index contributed by atoms with van der Waals surface area (Å²) in [6.45, 7) is 2.76. The lowest BCUT2D eigenvalue weighted by Gasteiger charge is -2.18. The van der Waals surface area contributed by atoms with Crippen LogP contribution >= 0.6 is 11.3 Å². The van der Waals surface area contributed by atoms with Crippen molar-refractivity contribution < 1.29 is 0 Å². The van der Waals surface area contributed by atoms with Gasteiger partial charge in [0.05, 0.1) is 23.3 Å². The molecule has 5 heteroatoms. The van der Waals surface area contributed by atoms with E-state index in [0.717, 1.165) is 17.2 Å². The summed E-state index contributed by atoms with van der Waals surface area (Å²) < 4.78 is 0. The molecule has 1 fully saturated rings. The van der Waals surface area contributed by atoms with E-state index in [1.807, 2.05) is 18.9 Å². The van der Waals surface area contributed by atoms with E-state index >= 15 is 0 Å². The number of thiazole rings is 1. The second kappa shape index (κ2) is 5.49. The summed E-state index contributed by atoms with van der Waals surface area (Å²) in [4.78, 5) is 11.0. The Morgan fingerprint density at radius 1 is 1.59 bits per heavy atom. The normalized spacial score (nSPS) is 17.6. The molecule has 2 rings (SSSR count). The van der Waals surface area contributed by atoms with Gasteiger partial charge in [0.25, 0.3) is 0 Å². The smallest absolute Gasteiger partial charge is 0.191 e. The fraction of sp³-hybridized carbons (Fsp3) is 0.667. The molecule has 0 aromatic carbocycles. The van der Waals surface area contributed by atoms with Crippen LogP contribution in [0.4, 0.5) is 0 Å². The van der Waals surface area contributed by atoms with Crippen molar-refractivity contribution in [1.29, 1.82) is 0 Å². The number of aromatic nitrogens is 1. The van der Waals surface area contributed by atoms with Gasteiger partial charge in [0.2, 0.25) is 0 Å². The first-order valence-corrected chi connectivity index (χ1v) is 6.98. The van der Waals surface area contributed by atoms with Gasteiger partial charge < -0.3 is 10.6 Å². The zero-order valence-corrected chi connectivity index (χ0v) is 11.3. The predicted octanol–water partition coefficient (Wildman–Crippen LogP) is 2.14. The van der Waals surface area contributed by atoms with E-state index in [9.17, 15) is 0 Å². The van der Waals surface area contributed by atoms with Gasteiger partial charge in [-0.2, -0.15) is 0 Å². The van der Waals surface area contributed by atoms with Crippen molar-refractivity contribution >= 4 is 17.3 Å². The van der Waals surface area contributed by atoms with Crippen LogP contribution in [0.15, 0.2) is 10.4 Å². The number of aryl methyl sites for hydroxylation is 1. The molecule has 0 amide bonds. The third-order valence-corrected chi connectivity index (χ3v) is 3.92. The first-order valence-electron chi connectivity index (χ1n) is 6.10. The minimum absolute atomic E-state index is 0.439. The van der Waals surface area contributed by atoms with Gasteiger partial charge in [-0.05, 0) is 19.8 Å². The van der Waals surface area contributed by atoms with Crippen LogP contribution in [0.2, 0.25) is 0 Å². The molecule has 0 radical (unpaired) electrons. The van der Waals surface area contributed by atoms with E-state index in [0.29, 0.717) is 12.0 Å². The zero-order chi connectivity index (χ0) is 12.3. The molecule has 0 atom stereocenters. The van der Waals surface area contributed by atoms with E-state index in [2.05, 4.69) is 15.4 Å². The van der Waals surface area contributed by atoms with Crippen LogP contribution in [-0.2, 0) is 6.54 Å². The molecule has 1 aliphatic rings. The van der Waals surface area contributed by atoms with Crippen LogP contribution in [0.5, 0.6) is 0 Å². The van der Waals surface area contributed by atoms with E-state index in [4.69, 9.17) is 5.73 Å². The third kappa shape index (κ3) is 3.43. The molecule has 1 aromatic heterocycles. The van der Waals surface area contributed by atoms with Gasteiger partial charge >= 0.3 is 0 Å². The summed E-state index contributed by atoms with van der Waals surface area (Å²) in [5.74, 6) is 0.641. The SMILES string of the molecule is Cc1nc(CN(C)C(N)=NC2CCCC2)cs1. The first kappa shape index (κ1) is 12.4. The van der Waals surface area contributed by atoms with Crippen molar-refractivity contribution in [3.05, 3.63) is 16.1 Å². The average molecular weight is 252 g/mol. The Labute approximate surface area is 107 Å². The molecule has 4 nitrogen and oxygen atoms in total. The highest BCUT2D eigenvalue weighted by atomic mass is 32.1. The fourth-order valence-electron chi connectivity index (χ4n) is 2.12. The third-order valence-electron chi connectivity index (χ3n) is 3.10. The summed E-state index contributed by atoms with van der Waals surface area (Å²) in [5, 5.41) is 3.18. The molecule has 1 heterocycles. The quantitative estimate of drug-likeness (QED) is 0.662. The highest BCUT2D eigenvalue weighted by Gasteiger charge is 2.15. The van der Waals surface area contributed by atoms with Crippen LogP contribution < -0.4 is 5.73 Å². The van der Waals surface area contributed by atoms with E-state index in [-0.39, 0.29) is 0 Å². The maximum Gasteiger partial charge on any atom is 0.191 e. The van der Waals surface area contributed by atoms with Gasteiger partial charge in [0, 0.05) is 12.4 Å². The van der Waals surface area contributed by atoms with Gasteiger partial charge in [-0.15, -0.1) is 11.3 Å². The van der Waals surface area contributed by atoms with Crippen LogP contribution in [0, 0.1) is 6.92 Å². The molecule has 94 valence electrons. The molecule has 0 unspecified atom stereocenters. The molecular weight excluding hydrogens is 232 g/mol. The van der Waals surface area contributed by atoms with Crippen molar-refractivity contribution in [2.45, 2.75) is 45.2 Å². The maximum atomic E-state index is 6.00. The Hall–Kier alpha value is -1.10. The minimum Gasteiger partial charge on any atom is -0.370 e. The first-order chi connectivity index (χ1) is 8.15.